The smallest absolute Gasteiger partial charge is 0.553 e. The number of aliphatic imine (C=N–C) groups is 3. The standard InChI is InChI=1S/C25H33N7O.C20H30N6O.C19H27N5O.C11H14N2O.C10H16N4O2.C6H7ClN2.C3H6O2.CO2.CH4O.4CH4.Li.H2NO.4H2S/c1-6-18-12-22(28-16-27-18)30-23-19-14-32(25(2,3)20(19)13-26-23)24(33)29-21(15-31(4)5)17-10-8-7-9-11-17;1-6-26-18(21)15-12-25(20(2,3)17(15)23-26)19(27)22-16(13-24(4)5)14-10-8-7-9-11-14;1-19(2)15-10-21-17(20)14(15)11-24(19)18(25)22-16(12-23(3)4)13-8-6-5-7-9-13;1-13(2)8-11(12-9-14)10-6-4-3-5-7-10;1-4-16-9(15)14-8(11)6-5-12-10(2,3)7(6)13-14;1-2-5-3-6(7)9-4-8-5;1-3(4)5-2;2-1-3;1-2;;;;;;1-2;;;;/h7-12,16,21H,6,13-15H2,1-5H3,(H,29,33)(H,26,27,28,30);7-11,16H,6,12-13,21H2,1-5H3,(H,22,27);5-9,16H,10-12H2,1-4H3,(H2,20,21)(H,22,25);3-7,11H,8H2,1-2H3;12H,4-5,11H2,1-3H3;3-4H,2H2,1H3;1-2H3;;2H,1H3;4*1H4;;1-2H;4*1H2/q;;;;;;;;;;;;;+1;-1;;;;/t21-;2*16-;11-;;;;;;;;;;;;;;;/m1111.............../s1. The number of amides is 6. The first-order valence-electron chi connectivity index (χ1n) is 44.4. The maximum Gasteiger partial charge on any atom is 1.00 e. The predicted molar refractivity (Wildman–Crippen MR) is 596 cm³/mol. The van der Waals surface area contributed by atoms with E-state index in [1.807, 2.05) is 233 Å². The Morgan fingerprint density at radius 2 is 0.931 bits per heavy atom. The normalized spacial score (nSPS) is 14.6. The molecule has 6 aliphatic heterocycles. The Kier molecular flexibility index (Phi) is 67.9. The number of esters is 1. The van der Waals surface area contributed by atoms with Gasteiger partial charge in [0, 0.05) is 93.0 Å². The molecule has 8 aromatic rings. The van der Waals surface area contributed by atoms with Crippen LogP contribution in [0.2, 0.25) is 5.15 Å². The Labute approximate surface area is 904 Å². The summed E-state index contributed by atoms with van der Waals surface area (Å²) in [5.41, 5.74) is 30.8. The maximum atomic E-state index is 13.5. The summed E-state index contributed by atoms with van der Waals surface area (Å²) in [6.45, 7) is 32.8. The summed E-state index contributed by atoms with van der Waals surface area (Å²) in [4.78, 5) is 130. The number of hydrogen-bond acceptors (Lipinski definition) is 30. The largest absolute Gasteiger partial charge is 1.00 e. The van der Waals surface area contributed by atoms with Crippen LogP contribution < -0.4 is 62.6 Å². The van der Waals surface area contributed by atoms with E-state index in [1.54, 1.807) is 30.1 Å². The number of nitrogens with two attached hydrogens (primary N) is 3. The van der Waals surface area contributed by atoms with Gasteiger partial charge >= 0.3 is 55.2 Å². The number of nitrogens with one attached hydrogen (secondary N) is 6. The number of nitrogen functional groups attached to an aromatic ring is 2. The van der Waals surface area contributed by atoms with Crippen LogP contribution in [0.5, 0.6) is 0 Å². The van der Waals surface area contributed by atoms with E-state index in [9.17, 15) is 28.8 Å². The third-order valence-electron chi connectivity index (χ3n) is 22.8. The van der Waals surface area contributed by atoms with Crippen LogP contribution in [-0.2, 0) is 72.2 Å². The molecule has 802 valence electrons. The molecule has 145 heavy (non-hydrogen) atoms. The van der Waals surface area contributed by atoms with Crippen molar-refractivity contribution >= 4 is 137 Å². The molecule has 0 fully saturated rings. The number of hydrogen-bond donors (Lipinski definition) is 10. The minimum atomic E-state index is -0.523. The Morgan fingerprint density at radius 1 is 0.545 bits per heavy atom. The van der Waals surface area contributed by atoms with Crippen molar-refractivity contribution in [1.82, 2.24) is 95.1 Å². The zero-order valence-electron chi connectivity index (χ0n) is 85.7. The minimum Gasteiger partial charge on any atom is -0.553 e. The van der Waals surface area contributed by atoms with Crippen LogP contribution in [0, 0.1) is 0 Å². The molecule has 0 saturated heterocycles. The molecule has 4 atom stereocenters. The fraction of sp³-hybridized carbons (Fsp3) is 0.490. The summed E-state index contributed by atoms with van der Waals surface area (Å²) in [5.74, 6) is 7.62. The number of urea groups is 3. The summed E-state index contributed by atoms with van der Waals surface area (Å²) < 4.78 is 11.9. The van der Waals surface area contributed by atoms with E-state index in [0.717, 1.165) is 142 Å². The Bertz CT molecular complexity index is 5420. The Morgan fingerprint density at radius 3 is 1.29 bits per heavy atom. The first kappa shape index (κ1) is 142. The van der Waals surface area contributed by atoms with Gasteiger partial charge in [0.1, 0.15) is 53.0 Å². The molecular weight excluding hydrogens is 1940 g/mol. The van der Waals surface area contributed by atoms with Crippen LogP contribution in [0.3, 0.4) is 0 Å². The molecule has 6 aliphatic rings. The van der Waals surface area contributed by atoms with Crippen molar-refractivity contribution in [1.29, 1.82) is 0 Å². The van der Waals surface area contributed by atoms with E-state index in [2.05, 4.69) is 133 Å². The summed E-state index contributed by atoms with van der Waals surface area (Å²) in [5, 5.41) is 38.9. The first-order valence-corrected chi connectivity index (χ1v) is 44.8. The number of rotatable bonds is 21. The number of nitrogens with zero attached hydrogens (tertiary/aromatic N) is 18. The molecule has 6 amide bonds. The van der Waals surface area contributed by atoms with Crippen molar-refractivity contribution in [3.8, 4) is 0 Å². The second-order valence-electron chi connectivity index (χ2n) is 34.8. The summed E-state index contributed by atoms with van der Waals surface area (Å²) >= 11 is 5.57. The zero-order valence-corrected chi connectivity index (χ0v) is 90.5. The first-order chi connectivity index (χ1) is 64.6. The molecule has 14 N–H and O–H groups in total. The van der Waals surface area contributed by atoms with Gasteiger partial charge in [0.25, 0.3) is 0 Å². The number of aryl methyl sites for hydroxylation is 3. The quantitative estimate of drug-likeness (QED) is 0.00797. The van der Waals surface area contributed by atoms with Crippen molar-refractivity contribution in [2.45, 2.75) is 199 Å². The number of aliphatic hydroxyl groups is 1. The number of methoxy groups -OCH3 is 1. The van der Waals surface area contributed by atoms with Gasteiger partial charge in [0.05, 0.1) is 98.1 Å². The van der Waals surface area contributed by atoms with Gasteiger partial charge in [-0.25, -0.2) is 48.6 Å². The molecule has 0 bridgehead atoms. The minimum absolute atomic E-state index is 0. The predicted octanol–water partition coefficient (Wildman–Crippen LogP) is 11.3. The van der Waals surface area contributed by atoms with E-state index >= 15 is 0 Å². The van der Waals surface area contributed by atoms with Crippen molar-refractivity contribution in [3.05, 3.63) is 236 Å². The summed E-state index contributed by atoms with van der Waals surface area (Å²) in [6, 6.07) is 43.1. The zero-order chi connectivity index (χ0) is 102. The number of halogens is 1. The molecule has 0 aliphatic carbocycles. The van der Waals surface area contributed by atoms with E-state index in [4.69, 9.17) is 64.3 Å². The second-order valence-corrected chi connectivity index (χ2v) is 35.2. The number of carbonyl (C=O) groups is 5. The van der Waals surface area contributed by atoms with Crippen LogP contribution >= 0.6 is 65.6 Å². The van der Waals surface area contributed by atoms with Crippen LogP contribution in [0.15, 0.2) is 183 Å². The molecular formula is C100H163ClLiN27O12S4. The van der Waals surface area contributed by atoms with Crippen LogP contribution in [0.25, 0.3) is 5.90 Å². The number of likely N-dealkylation sites (N-methyl/N-ethyl adjacent to an activating group) is 4. The number of aromatic nitrogens is 8. The average molecular weight is 2110 g/mol. The molecule has 4 aromatic carbocycles. The van der Waals surface area contributed by atoms with Gasteiger partial charge in [-0.2, -0.15) is 78.8 Å². The molecule has 0 saturated carbocycles. The van der Waals surface area contributed by atoms with Crippen molar-refractivity contribution in [2.24, 2.45) is 20.7 Å². The van der Waals surface area contributed by atoms with E-state index in [1.165, 1.54) is 25.9 Å². The molecule has 14 rings (SSSR count). The molecule has 0 spiro atoms. The number of isocyanates is 1. The van der Waals surface area contributed by atoms with Crippen molar-refractivity contribution < 1.29 is 77.0 Å². The molecule has 0 unspecified atom stereocenters. The number of fused-ring (bicyclic) bond motifs is 2. The van der Waals surface area contributed by atoms with Crippen LogP contribution in [-0.4, -0.2) is 279 Å². The third kappa shape index (κ3) is 40.6. The number of anilines is 3. The number of carbonyl (C=O) groups excluding carboxylic acids is 8. The maximum absolute atomic E-state index is 13.5. The number of aliphatic hydroxyl groups excluding tert-OH is 1. The number of amidine groups is 2. The fourth-order valence-corrected chi connectivity index (χ4v) is 15.7. The Hall–Kier alpha value is -11.0. The second kappa shape index (κ2) is 69.2. The van der Waals surface area contributed by atoms with Gasteiger partial charge in [0.15, 0.2) is 0 Å². The van der Waals surface area contributed by atoms with Gasteiger partial charge in [-0.05, 0) is 178 Å². The average Bonchev–Trinajstić information content (AvgIpc) is 1.59. The summed E-state index contributed by atoms with van der Waals surface area (Å²) in [6.07, 6.45) is 6.14. The molecule has 0 radical (unpaired) electrons. The van der Waals surface area contributed by atoms with Crippen molar-refractivity contribution in [3.63, 3.8) is 0 Å². The molecule has 10 heterocycles. The van der Waals surface area contributed by atoms with Crippen molar-refractivity contribution in [2.75, 3.05) is 146 Å². The summed E-state index contributed by atoms with van der Waals surface area (Å²) in [7, 11) is 18.3. The monoisotopic (exact) mass is 2100 g/mol. The van der Waals surface area contributed by atoms with Gasteiger partial charge in [0.2, 0.25) is 6.08 Å². The fourth-order valence-electron chi connectivity index (χ4n) is 15.5. The van der Waals surface area contributed by atoms with Crippen LogP contribution in [0.4, 0.5) is 36.6 Å². The number of benzene rings is 4. The SMILES string of the molecule is C.C.C.C.CCOC(=O)n1nc2c(c1N)CNC2(C)C.CCc1cc(Cl)ncn1.CCc1cc(NC2=NCC3=C2CN(C(=O)N[C@H](CN(C)C)c2ccccc2)C3(C)C)ncn1.CCn1nc2c(c1N)CN(C(=O)N[C@H](CN(C)C)c1ccccc1)C2(C)C.CN(C)C[C@@H](N=C=O)c1ccccc1.CN(C)C[C@@H](NC(=O)N1CC2=C(CN=C2N)C1(C)C)c1ccccc1.CO.COC(C)=O.O=C=O.S.S.S.S.[Li+].[NH-]O. The molecule has 45 heteroatoms. The van der Waals surface area contributed by atoms with Crippen LogP contribution in [0.1, 0.15) is 200 Å². The van der Waals surface area contributed by atoms with E-state index in [-0.39, 0.29) is 168 Å². The topological polar surface area (TPSA) is 504 Å². The van der Waals surface area contributed by atoms with E-state index in [0.29, 0.717) is 68.5 Å². The number of ether oxygens (including phenoxy) is 2. The molecule has 4 aromatic heterocycles. The van der Waals surface area contributed by atoms with E-state index < -0.39 is 17.2 Å². The van der Waals surface area contributed by atoms with Gasteiger partial charge < -0.3 is 104 Å². The molecule has 39 nitrogen and oxygen atoms in total. The van der Waals surface area contributed by atoms with Gasteiger partial charge in [-0.15, -0.1) is 4.68 Å². The Balaban J connectivity index is -0.000000538. The third-order valence-corrected chi connectivity index (χ3v) is 23.0. The van der Waals surface area contributed by atoms with Gasteiger partial charge in [-0.1, -0.05) is 176 Å². The van der Waals surface area contributed by atoms with Gasteiger partial charge in [-0.3, -0.25) is 14.8 Å².